The Morgan fingerprint density at radius 3 is 2.63 bits per heavy atom. The minimum absolute atomic E-state index is 0.0125. The number of rotatable bonds is 6. The maximum absolute atomic E-state index is 12.0. The highest BCUT2D eigenvalue weighted by Crippen LogP contribution is 2.28. The van der Waals surface area contributed by atoms with Gasteiger partial charge in [-0.1, -0.05) is 36.2 Å². The lowest BCUT2D eigenvalue weighted by Crippen LogP contribution is -2.27. The Morgan fingerprint density at radius 1 is 1.42 bits per heavy atom. The molecule has 1 rings (SSSR count). The van der Waals surface area contributed by atoms with E-state index in [9.17, 15) is 13.2 Å². The fourth-order valence-corrected chi connectivity index (χ4v) is 3.11. The van der Waals surface area contributed by atoms with E-state index in [1.165, 1.54) is 25.1 Å². The van der Waals surface area contributed by atoms with E-state index in [0.29, 0.717) is 0 Å². The van der Waals surface area contributed by atoms with Gasteiger partial charge in [-0.3, -0.25) is 4.79 Å². The fraction of sp³-hybridized carbons (Fsp3) is 0.364. The Hall–Kier alpha value is -0.820. The van der Waals surface area contributed by atoms with Gasteiger partial charge >= 0.3 is 5.97 Å². The van der Waals surface area contributed by atoms with Gasteiger partial charge in [0.05, 0.1) is 16.0 Å². The van der Waals surface area contributed by atoms with Crippen LogP contribution in [0.4, 0.5) is 0 Å². The molecule has 0 spiro atoms. The molecule has 1 aromatic rings. The van der Waals surface area contributed by atoms with E-state index < -0.39 is 21.9 Å². The van der Waals surface area contributed by atoms with E-state index in [1.54, 1.807) is 0 Å². The molecule has 0 aliphatic heterocycles. The summed E-state index contributed by atoms with van der Waals surface area (Å²) < 4.78 is 26.2. The summed E-state index contributed by atoms with van der Waals surface area (Å²) in [6.45, 7) is 1.52. The van der Waals surface area contributed by atoms with Crippen LogP contribution < -0.4 is 4.72 Å². The molecule has 0 saturated heterocycles. The van der Waals surface area contributed by atoms with E-state index in [2.05, 4.69) is 4.72 Å². The molecule has 0 aliphatic rings. The molecule has 0 amide bonds. The van der Waals surface area contributed by atoms with Crippen molar-refractivity contribution in [2.24, 2.45) is 5.92 Å². The van der Waals surface area contributed by atoms with Crippen molar-refractivity contribution in [2.45, 2.75) is 18.2 Å². The molecule has 1 atom stereocenters. The molecule has 0 aromatic heterocycles. The standard InChI is InChI=1S/C11H13Cl2NO4S/c1-7(11(15)16)5-6-14-19(17,18)9-4-2-3-8(12)10(9)13/h2-4,7,14H,5-6H2,1H3,(H,15,16). The number of benzene rings is 1. The van der Waals surface area contributed by atoms with Crippen LogP contribution in [0, 0.1) is 5.92 Å². The molecule has 8 heteroatoms. The van der Waals surface area contributed by atoms with Gasteiger partial charge in [-0.05, 0) is 18.6 Å². The zero-order valence-electron chi connectivity index (χ0n) is 10.1. The first-order valence-electron chi connectivity index (χ1n) is 5.42. The number of nitrogens with one attached hydrogen (secondary N) is 1. The molecule has 0 saturated carbocycles. The molecular weight excluding hydrogens is 313 g/mol. The normalized spacial score (nSPS) is 13.2. The summed E-state index contributed by atoms with van der Waals surface area (Å²) >= 11 is 11.6. The Labute approximate surface area is 121 Å². The molecule has 19 heavy (non-hydrogen) atoms. The smallest absolute Gasteiger partial charge is 0.306 e. The number of sulfonamides is 1. The van der Waals surface area contributed by atoms with Gasteiger partial charge in [0.2, 0.25) is 10.0 Å². The van der Waals surface area contributed by atoms with E-state index in [0.717, 1.165) is 0 Å². The number of hydrogen-bond donors (Lipinski definition) is 2. The third-order valence-corrected chi connectivity index (χ3v) is 4.93. The minimum atomic E-state index is -3.79. The Bertz CT molecular complexity index is 574. The molecule has 0 fully saturated rings. The summed E-state index contributed by atoms with van der Waals surface area (Å²) in [5.41, 5.74) is 0. The van der Waals surface area contributed by atoms with Gasteiger partial charge in [0, 0.05) is 6.54 Å². The monoisotopic (exact) mass is 325 g/mol. The van der Waals surface area contributed by atoms with Crippen molar-refractivity contribution in [1.29, 1.82) is 0 Å². The molecular formula is C11H13Cl2NO4S. The Morgan fingerprint density at radius 2 is 2.05 bits per heavy atom. The molecule has 0 bridgehead atoms. The SMILES string of the molecule is CC(CCNS(=O)(=O)c1cccc(Cl)c1Cl)C(=O)O. The maximum Gasteiger partial charge on any atom is 0.306 e. The molecule has 0 radical (unpaired) electrons. The lowest BCUT2D eigenvalue weighted by molar-refractivity contribution is -0.141. The lowest BCUT2D eigenvalue weighted by atomic mass is 10.1. The minimum Gasteiger partial charge on any atom is -0.481 e. The van der Waals surface area contributed by atoms with Crippen molar-refractivity contribution in [1.82, 2.24) is 4.72 Å². The highest BCUT2D eigenvalue weighted by Gasteiger charge is 2.20. The number of hydrogen-bond acceptors (Lipinski definition) is 3. The second-order valence-electron chi connectivity index (χ2n) is 3.98. The van der Waals surface area contributed by atoms with Crippen molar-refractivity contribution in [2.75, 3.05) is 6.54 Å². The van der Waals surface area contributed by atoms with Gasteiger partial charge in [-0.2, -0.15) is 0 Å². The third kappa shape index (κ3) is 4.35. The van der Waals surface area contributed by atoms with Gasteiger partial charge in [0.1, 0.15) is 4.90 Å². The highest BCUT2D eigenvalue weighted by molar-refractivity contribution is 7.89. The lowest BCUT2D eigenvalue weighted by Gasteiger charge is -2.10. The van der Waals surface area contributed by atoms with Crippen LogP contribution in [-0.2, 0) is 14.8 Å². The second kappa shape index (κ2) is 6.56. The van der Waals surface area contributed by atoms with Gasteiger partial charge in [0.25, 0.3) is 0 Å². The molecule has 2 N–H and O–H groups in total. The Kier molecular flexibility index (Phi) is 5.61. The number of carboxylic acids is 1. The highest BCUT2D eigenvalue weighted by atomic mass is 35.5. The van der Waals surface area contributed by atoms with Crippen LogP contribution in [0.5, 0.6) is 0 Å². The molecule has 1 unspecified atom stereocenters. The third-order valence-electron chi connectivity index (χ3n) is 2.50. The molecule has 106 valence electrons. The predicted octanol–water partition coefficient (Wildman–Crippen LogP) is 2.38. The van der Waals surface area contributed by atoms with Gasteiger partial charge in [-0.15, -0.1) is 0 Å². The van der Waals surface area contributed by atoms with Gasteiger partial charge < -0.3 is 5.11 Å². The van der Waals surface area contributed by atoms with Crippen molar-refractivity contribution < 1.29 is 18.3 Å². The largest absolute Gasteiger partial charge is 0.481 e. The van der Waals surface area contributed by atoms with E-state index in [1.807, 2.05) is 0 Å². The van der Waals surface area contributed by atoms with E-state index >= 15 is 0 Å². The molecule has 0 heterocycles. The van der Waals surface area contributed by atoms with Crippen LogP contribution in [-0.4, -0.2) is 26.0 Å². The van der Waals surface area contributed by atoms with Crippen LogP contribution in [0.15, 0.2) is 23.1 Å². The van der Waals surface area contributed by atoms with Crippen LogP contribution in [0.25, 0.3) is 0 Å². The Balaban J connectivity index is 2.77. The number of carboxylic acid groups (broad SMARTS) is 1. The maximum atomic E-state index is 12.0. The van der Waals surface area contributed by atoms with Crippen molar-refractivity contribution >= 4 is 39.2 Å². The van der Waals surface area contributed by atoms with Crippen molar-refractivity contribution in [3.8, 4) is 0 Å². The number of halogens is 2. The quantitative estimate of drug-likeness (QED) is 0.841. The summed E-state index contributed by atoms with van der Waals surface area (Å²) in [6.07, 6.45) is 0.187. The summed E-state index contributed by atoms with van der Waals surface area (Å²) in [4.78, 5) is 10.5. The van der Waals surface area contributed by atoms with Crippen LogP contribution in [0.1, 0.15) is 13.3 Å². The van der Waals surface area contributed by atoms with E-state index in [4.69, 9.17) is 28.3 Å². The average Bonchev–Trinajstić information content (AvgIpc) is 2.31. The summed E-state index contributed by atoms with van der Waals surface area (Å²) in [7, 11) is -3.79. The second-order valence-corrected chi connectivity index (χ2v) is 6.50. The predicted molar refractivity (Wildman–Crippen MR) is 73.1 cm³/mol. The van der Waals surface area contributed by atoms with Crippen molar-refractivity contribution in [3.05, 3.63) is 28.2 Å². The first-order valence-corrected chi connectivity index (χ1v) is 7.66. The zero-order valence-corrected chi connectivity index (χ0v) is 12.4. The molecule has 0 aliphatic carbocycles. The first-order chi connectivity index (χ1) is 8.75. The van der Waals surface area contributed by atoms with E-state index in [-0.39, 0.29) is 27.9 Å². The molecule has 1 aromatic carbocycles. The molecule has 5 nitrogen and oxygen atoms in total. The van der Waals surface area contributed by atoms with Crippen molar-refractivity contribution in [3.63, 3.8) is 0 Å². The number of carbonyl (C=O) groups is 1. The topological polar surface area (TPSA) is 83.5 Å². The van der Waals surface area contributed by atoms with Gasteiger partial charge in [0.15, 0.2) is 0 Å². The van der Waals surface area contributed by atoms with Crippen LogP contribution in [0.3, 0.4) is 0 Å². The zero-order chi connectivity index (χ0) is 14.6. The van der Waals surface area contributed by atoms with Crippen LogP contribution >= 0.6 is 23.2 Å². The van der Waals surface area contributed by atoms with Crippen LogP contribution in [0.2, 0.25) is 10.0 Å². The summed E-state index contributed by atoms with van der Waals surface area (Å²) in [5.74, 6) is -1.60. The average molecular weight is 326 g/mol. The number of aliphatic carboxylic acids is 1. The van der Waals surface area contributed by atoms with Gasteiger partial charge in [-0.25, -0.2) is 13.1 Å². The first kappa shape index (κ1) is 16.2. The summed E-state index contributed by atoms with van der Waals surface area (Å²) in [6, 6.07) is 4.29. The summed E-state index contributed by atoms with van der Waals surface area (Å²) in [5, 5.41) is 8.78. The fourth-order valence-electron chi connectivity index (χ4n) is 1.30.